The van der Waals surface area contributed by atoms with Gasteiger partial charge in [-0.15, -0.1) is 0 Å². The summed E-state index contributed by atoms with van der Waals surface area (Å²) in [6, 6.07) is 28.4. The van der Waals surface area contributed by atoms with Gasteiger partial charge in [-0.3, -0.25) is 0 Å². The smallest absolute Gasteiger partial charge is 0.0103 e. The van der Waals surface area contributed by atoms with E-state index in [0.29, 0.717) is 0 Å². The van der Waals surface area contributed by atoms with Crippen molar-refractivity contribution >= 4 is 21.5 Å². The fourth-order valence-corrected chi connectivity index (χ4v) is 3.06. The molecule has 0 spiro atoms. The highest BCUT2D eigenvalue weighted by Crippen LogP contribution is 2.31. The molecule has 0 saturated carbocycles. The molecule has 0 unspecified atom stereocenters. The van der Waals surface area contributed by atoms with Crippen LogP contribution in [0.2, 0.25) is 0 Å². The summed E-state index contributed by atoms with van der Waals surface area (Å²) in [5, 5.41) is 5.21. The molecule has 4 rings (SSSR count). The number of fused-ring (bicyclic) bond motifs is 2. The average molecular weight is 268 g/mol. The molecule has 0 aliphatic carbocycles. The molecule has 0 heteroatoms. The Balaban J connectivity index is 2.03. The fraction of sp³-hybridized carbons (Fsp3) is 0.0476. The van der Waals surface area contributed by atoms with Crippen LogP contribution in [0, 0.1) is 6.92 Å². The van der Waals surface area contributed by atoms with Crippen LogP contribution in [0.3, 0.4) is 0 Å². The Morgan fingerprint density at radius 3 is 2.14 bits per heavy atom. The largest absolute Gasteiger partial charge is 0.0616 e. The first kappa shape index (κ1) is 12.2. The van der Waals surface area contributed by atoms with Crippen molar-refractivity contribution in [3.05, 3.63) is 84.4 Å². The third kappa shape index (κ3) is 2.09. The highest BCUT2D eigenvalue weighted by Gasteiger charge is 2.05. The molecule has 4 aromatic rings. The van der Waals surface area contributed by atoms with E-state index < -0.39 is 0 Å². The lowest BCUT2D eigenvalue weighted by atomic mass is 9.94. The second-order valence-electron chi connectivity index (χ2n) is 5.60. The highest BCUT2D eigenvalue weighted by molar-refractivity contribution is 5.99. The van der Waals surface area contributed by atoms with Gasteiger partial charge >= 0.3 is 0 Å². The monoisotopic (exact) mass is 268 g/mol. The topological polar surface area (TPSA) is 0 Å². The van der Waals surface area contributed by atoms with E-state index in [2.05, 4.69) is 85.8 Å². The van der Waals surface area contributed by atoms with Crippen LogP contribution >= 0.6 is 0 Å². The summed E-state index contributed by atoms with van der Waals surface area (Å²) in [6.07, 6.45) is 0. The minimum atomic E-state index is 1.29. The maximum atomic E-state index is 2.29. The van der Waals surface area contributed by atoms with Crippen molar-refractivity contribution in [2.75, 3.05) is 0 Å². The summed E-state index contributed by atoms with van der Waals surface area (Å²) in [5.41, 5.74) is 3.90. The van der Waals surface area contributed by atoms with Gasteiger partial charge in [-0.1, -0.05) is 72.8 Å². The predicted molar refractivity (Wildman–Crippen MR) is 91.6 cm³/mol. The molecule has 21 heavy (non-hydrogen) atoms. The standard InChI is InChI=1S/C21H16/c1-15-12-18-8-4-5-9-20(18)21(13-15)19-11-10-16-6-2-3-7-17(16)14-19/h2-14H,1H3. The Kier molecular flexibility index (Phi) is 2.75. The highest BCUT2D eigenvalue weighted by atomic mass is 14.1. The minimum Gasteiger partial charge on any atom is -0.0616 e. The van der Waals surface area contributed by atoms with Crippen molar-refractivity contribution in [1.29, 1.82) is 0 Å². The third-order valence-corrected chi connectivity index (χ3v) is 4.07. The van der Waals surface area contributed by atoms with Crippen LogP contribution in [-0.4, -0.2) is 0 Å². The normalized spacial score (nSPS) is 11.1. The molecule has 0 atom stereocenters. The first-order valence-electron chi connectivity index (χ1n) is 7.30. The van der Waals surface area contributed by atoms with E-state index in [9.17, 15) is 0 Å². The number of aryl methyl sites for hydroxylation is 1. The zero-order chi connectivity index (χ0) is 14.2. The van der Waals surface area contributed by atoms with Crippen LogP contribution in [0.15, 0.2) is 78.9 Å². The summed E-state index contributed by atoms with van der Waals surface area (Å²) >= 11 is 0. The van der Waals surface area contributed by atoms with Crippen LogP contribution in [0.1, 0.15) is 5.56 Å². The van der Waals surface area contributed by atoms with E-state index in [0.717, 1.165) is 0 Å². The second kappa shape index (κ2) is 4.75. The van der Waals surface area contributed by atoms with Crippen LogP contribution in [0.4, 0.5) is 0 Å². The van der Waals surface area contributed by atoms with E-state index in [4.69, 9.17) is 0 Å². The lowest BCUT2D eigenvalue weighted by Crippen LogP contribution is -1.84. The zero-order valence-corrected chi connectivity index (χ0v) is 12.0. The lowest BCUT2D eigenvalue weighted by molar-refractivity contribution is 1.50. The van der Waals surface area contributed by atoms with E-state index >= 15 is 0 Å². The van der Waals surface area contributed by atoms with Crippen molar-refractivity contribution < 1.29 is 0 Å². The molecule has 0 radical (unpaired) electrons. The predicted octanol–water partition coefficient (Wildman–Crippen LogP) is 5.97. The van der Waals surface area contributed by atoms with Gasteiger partial charge in [0.25, 0.3) is 0 Å². The van der Waals surface area contributed by atoms with Crippen molar-refractivity contribution in [2.24, 2.45) is 0 Å². The summed E-state index contributed by atoms with van der Waals surface area (Å²) in [7, 11) is 0. The van der Waals surface area contributed by atoms with Gasteiger partial charge < -0.3 is 0 Å². The molecule has 0 bridgehead atoms. The van der Waals surface area contributed by atoms with E-state index in [-0.39, 0.29) is 0 Å². The summed E-state index contributed by atoms with van der Waals surface area (Å²) in [4.78, 5) is 0. The molecule has 0 amide bonds. The first-order valence-corrected chi connectivity index (χ1v) is 7.30. The average Bonchev–Trinajstić information content (AvgIpc) is 2.53. The molecular formula is C21H16. The van der Waals surface area contributed by atoms with E-state index in [1.807, 2.05) is 0 Å². The Hall–Kier alpha value is -2.60. The van der Waals surface area contributed by atoms with Crippen LogP contribution < -0.4 is 0 Å². The molecule has 0 aromatic heterocycles. The second-order valence-corrected chi connectivity index (χ2v) is 5.60. The van der Waals surface area contributed by atoms with Crippen molar-refractivity contribution in [2.45, 2.75) is 6.92 Å². The van der Waals surface area contributed by atoms with Gasteiger partial charge in [0.1, 0.15) is 0 Å². The SMILES string of the molecule is Cc1cc(-c2ccc3ccccc3c2)c2ccccc2c1. The fourth-order valence-electron chi connectivity index (χ4n) is 3.06. The van der Waals surface area contributed by atoms with Gasteiger partial charge in [-0.25, -0.2) is 0 Å². The summed E-state index contributed by atoms with van der Waals surface area (Å²) in [6.45, 7) is 2.16. The van der Waals surface area contributed by atoms with Crippen molar-refractivity contribution in [3.63, 3.8) is 0 Å². The van der Waals surface area contributed by atoms with Crippen molar-refractivity contribution in [1.82, 2.24) is 0 Å². The van der Waals surface area contributed by atoms with Gasteiger partial charge in [-0.2, -0.15) is 0 Å². The van der Waals surface area contributed by atoms with Gasteiger partial charge in [-0.05, 0) is 51.2 Å². The zero-order valence-electron chi connectivity index (χ0n) is 12.0. The molecule has 0 saturated heterocycles. The molecule has 0 aliphatic rings. The Morgan fingerprint density at radius 2 is 1.29 bits per heavy atom. The number of hydrogen-bond acceptors (Lipinski definition) is 0. The molecule has 4 aromatic carbocycles. The number of hydrogen-bond donors (Lipinski definition) is 0. The van der Waals surface area contributed by atoms with Gasteiger partial charge in [0, 0.05) is 0 Å². The number of benzene rings is 4. The van der Waals surface area contributed by atoms with Crippen LogP contribution in [0.25, 0.3) is 32.7 Å². The van der Waals surface area contributed by atoms with Crippen molar-refractivity contribution in [3.8, 4) is 11.1 Å². The third-order valence-electron chi connectivity index (χ3n) is 4.07. The molecule has 0 nitrogen and oxygen atoms in total. The molecule has 0 heterocycles. The Labute approximate surface area is 124 Å². The van der Waals surface area contributed by atoms with Gasteiger partial charge in [0.05, 0.1) is 0 Å². The van der Waals surface area contributed by atoms with Gasteiger partial charge in [0.15, 0.2) is 0 Å². The number of rotatable bonds is 1. The van der Waals surface area contributed by atoms with Crippen LogP contribution in [0.5, 0.6) is 0 Å². The Bertz CT molecular complexity index is 948. The molecule has 0 fully saturated rings. The molecule has 0 N–H and O–H groups in total. The van der Waals surface area contributed by atoms with Crippen LogP contribution in [-0.2, 0) is 0 Å². The molecule has 100 valence electrons. The lowest BCUT2D eigenvalue weighted by Gasteiger charge is -2.10. The van der Waals surface area contributed by atoms with E-state index in [1.165, 1.54) is 38.2 Å². The molecular weight excluding hydrogens is 252 g/mol. The van der Waals surface area contributed by atoms with E-state index in [1.54, 1.807) is 0 Å². The van der Waals surface area contributed by atoms with Gasteiger partial charge in [0.2, 0.25) is 0 Å². The summed E-state index contributed by atoms with van der Waals surface area (Å²) < 4.78 is 0. The Morgan fingerprint density at radius 1 is 0.571 bits per heavy atom. The first-order chi connectivity index (χ1) is 10.3. The quantitative estimate of drug-likeness (QED) is 0.399. The minimum absolute atomic E-state index is 1.29. The maximum Gasteiger partial charge on any atom is -0.0103 e. The summed E-state index contributed by atoms with van der Waals surface area (Å²) in [5.74, 6) is 0. The maximum absolute atomic E-state index is 2.29. The molecule has 0 aliphatic heterocycles.